The van der Waals surface area contributed by atoms with Crippen molar-refractivity contribution in [1.29, 1.82) is 0 Å². The molecule has 0 N–H and O–H groups in total. The van der Waals surface area contributed by atoms with E-state index in [2.05, 4.69) is 4.74 Å². The highest BCUT2D eigenvalue weighted by Gasteiger charge is 2.33. The number of aldehydes is 1. The van der Waals surface area contributed by atoms with E-state index < -0.39 is 23.5 Å². The highest BCUT2D eigenvalue weighted by atomic mass is 35.5. The topological polar surface area (TPSA) is 43.4 Å². The molecule has 0 aromatic heterocycles. The van der Waals surface area contributed by atoms with Gasteiger partial charge in [0.25, 0.3) is 0 Å². The predicted molar refractivity (Wildman–Crippen MR) is 53.5 cm³/mol. The van der Waals surface area contributed by atoms with Crippen molar-refractivity contribution in [2.75, 3.05) is 0 Å². The normalized spacial score (nSPS) is 11.1. The predicted octanol–water partition coefficient (Wildman–Crippen LogP) is 3.25. The Balaban J connectivity index is 3.36. The van der Waals surface area contributed by atoms with Crippen LogP contribution in [-0.4, -0.2) is 18.4 Å². The molecule has 0 amide bonds. The van der Waals surface area contributed by atoms with Gasteiger partial charge < -0.3 is 4.74 Å². The largest absolute Gasteiger partial charge is 0.573 e. The molecule has 0 atom stereocenters. The maximum Gasteiger partial charge on any atom is 0.573 e. The van der Waals surface area contributed by atoms with E-state index in [1.807, 2.05) is 0 Å². The molecule has 1 rings (SSSR count). The van der Waals surface area contributed by atoms with E-state index in [9.17, 15) is 22.8 Å². The summed E-state index contributed by atoms with van der Waals surface area (Å²) in [6.45, 7) is 1.03. The van der Waals surface area contributed by atoms with Gasteiger partial charge in [-0.15, -0.1) is 13.2 Å². The zero-order valence-electron chi connectivity index (χ0n) is 8.47. The van der Waals surface area contributed by atoms with Crippen LogP contribution in [0.2, 0.25) is 5.02 Å². The molecule has 0 fully saturated rings. The molecule has 0 bridgehead atoms. The third kappa shape index (κ3) is 3.20. The zero-order chi connectivity index (χ0) is 13.2. The molecule has 92 valence electrons. The number of hydrogen-bond donors (Lipinski definition) is 0. The van der Waals surface area contributed by atoms with Crippen molar-refractivity contribution in [2.24, 2.45) is 0 Å². The Bertz CT molecular complexity index is 469. The molecule has 1 aromatic rings. The van der Waals surface area contributed by atoms with Crippen molar-refractivity contribution in [1.82, 2.24) is 0 Å². The summed E-state index contributed by atoms with van der Waals surface area (Å²) in [4.78, 5) is 21.7. The average molecular weight is 267 g/mol. The van der Waals surface area contributed by atoms with Gasteiger partial charge in [-0.1, -0.05) is 11.6 Å². The molecular weight excluding hydrogens is 261 g/mol. The summed E-state index contributed by atoms with van der Waals surface area (Å²) >= 11 is 5.64. The van der Waals surface area contributed by atoms with Gasteiger partial charge in [0.1, 0.15) is 5.75 Å². The van der Waals surface area contributed by atoms with Gasteiger partial charge in [0.15, 0.2) is 12.1 Å². The van der Waals surface area contributed by atoms with Crippen LogP contribution in [-0.2, 0) is 0 Å². The number of carbonyl (C=O) groups excluding carboxylic acids is 2. The highest BCUT2D eigenvalue weighted by Crippen LogP contribution is 2.33. The SMILES string of the molecule is CC(=O)c1c(OC(F)(F)F)ccc(C=O)c1Cl. The Kier molecular flexibility index (Phi) is 3.77. The maximum atomic E-state index is 12.1. The van der Waals surface area contributed by atoms with Crippen LogP contribution < -0.4 is 4.74 Å². The van der Waals surface area contributed by atoms with Crippen molar-refractivity contribution in [3.05, 3.63) is 28.3 Å². The van der Waals surface area contributed by atoms with E-state index in [1.165, 1.54) is 0 Å². The first kappa shape index (κ1) is 13.5. The molecule has 7 heteroatoms. The molecule has 0 radical (unpaired) electrons. The number of rotatable bonds is 3. The van der Waals surface area contributed by atoms with Crippen molar-refractivity contribution >= 4 is 23.7 Å². The number of carbonyl (C=O) groups is 2. The van der Waals surface area contributed by atoms with Crippen molar-refractivity contribution in [3.63, 3.8) is 0 Å². The van der Waals surface area contributed by atoms with E-state index >= 15 is 0 Å². The molecule has 1 aromatic carbocycles. The van der Waals surface area contributed by atoms with Crippen molar-refractivity contribution < 1.29 is 27.5 Å². The second kappa shape index (κ2) is 4.75. The van der Waals surface area contributed by atoms with Gasteiger partial charge in [0.2, 0.25) is 0 Å². The summed E-state index contributed by atoms with van der Waals surface area (Å²) in [6.07, 6.45) is -4.59. The molecule has 0 saturated heterocycles. The summed E-state index contributed by atoms with van der Waals surface area (Å²) in [5.41, 5.74) is -0.542. The summed E-state index contributed by atoms with van der Waals surface area (Å²) < 4.78 is 39.8. The number of halogens is 4. The summed E-state index contributed by atoms with van der Waals surface area (Å²) in [5.74, 6) is -1.45. The Morgan fingerprint density at radius 1 is 1.41 bits per heavy atom. The summed E-state index contributed by atoms with van der Waals surface area (Å²) in [6, 6.07) is 1.92. The minimum Gasteiger partial charge on any atom is -0.405 e. The van der Waals surface area contributed by atoms with Crippen LogP contribution in [0, 0.1) is 0 Å². The number of Topliss-reactive ketones (excluding diaryl/α,β-unsaturated/α-hetero) is 1. The van der Waals surface area contributed by atoms with Crippen LogP contribution in [0.5, 0.6) is 5.75 Å². The molecule has 0 aliphatic rings. The fourth-order valence-electron chi connectivity index (χ4n) is 1.20. The minimum atomic E-state index is -4.93. The third-order valence-electron chi connectivity index (χ3n) is 1.84. The molecule has 3 nitrogen and oxygen atoms in total. The van der Waals surface area contributed by atoms with Gasteiger partial charge in [-0.05, 0) is 19.1 Å². The van der Waals surface area contributed by atoms with Gasteiger partial charge >= 0.3 is 6.36 Å². The Morgan fingerprint density at radius 3 is 2.41 bits per heavy atom. The van der Waals surface area contributed by atoms with Crippen LogP contribution in [0.4, 0.5) is 13.2 Å². The van der Waals surface area contributed by atoms with E-state index in [0.717, 1.165) is 19.1 Å². The van der Waals surface area contributed by atoms with Crippen LogP contribution in [0.15, 0.2) is 12.1 Å². The Morgan fingerprint density at radius 2 is 2.00 bits per heavy atom. The lowest BCUT2D eigenvalue weighted by Gasteiger charge is -2.13. The highest BCUT2D eigenvalue weighted by molar-refractivity contribution is 6.36. The first-order chi connectivity index (χ1) is 7.76. The minimum absolute atomic E-state index is 0.0774. The van der Waals surface area contributed by atoms with Gasteiger partial charge in [0, 0.05) is 5.56 Å². The molecule has 17 heavy (non-hydrogen) atoms. The molecule has 0 heterocycles. The van der Waals surface area contributed by atoms with Gasteiger partial charge in [-0.3, -0.25) is 9.59 Å². The molecular formula is C10H6ClF3O3. The number of ether oxygens (including phenoxy) is 1. The van der Waals surface area contributed by atoms with Crippen LogP contribution in [0.25, 0.3) is 0 Å². The molecule has 0 aliphatic carbocycles. The van der Waals surface area contributed by atoms with Crippen LogP contribution in [0.1, 0.15) is 27.6 Å². The number of benzene rings is 1. The number of hydrogen-bond acceptors (Lipinski definition) is 3. The van der Waals surface area contributed by atoms with Gasteiger partial charge in [-0.25, -0.2) is 0 Å². The van der Waals surface area contributed by atoms with E-state index in [4.69, 9.17) is 11.6 Å². The summed E-state index contributed by atoms with van der Waals surface area (Å²) in [5, 5.41) is -0.353. The maximum absolute atomic E-state index is 12.1. The van der Waals surface area contributed by atoms with Crippen molar-refractivity contribution in [3.8, 4) is 5.75 Å². The third-order valence-corrected chi connectivity index (χ3v) is 2.25. The van der Waals surface area contributed by atoms with Gasteiger partial charge in [-0.2, -0.15) is 0 Å². The van der Waals surface area contributed by atoms with Crippen molar-refractivity contribution in [2.45, 2.75) is 13.3 Å². The molecule has 0 spiro atoms. The fourth-order valence-corrected chi connectivity index (χ4v) is 1.54. The monoisotopic (exact) mass is 266 g/mol. The quantitative estimate of drug-likeness (QED) is 0.623. The lowest BCUT2D eigenvalue weighted by Crippen LogP contribution is -2.19. The summed E-state index contributed by atoms with van der Waals surface area (Å²) in [7, 11) is 0. The number of alkyl halides is 3. The molecule has 0 saturated carbocycles. The lowest BCUT2D eigenvalue weighted by molar-refractivity contribution is -0.274. The second-order valence-electron chi connectivity index (χ2n) is 3.06. The second-order valence-corrected chi connectivity index (χ2v) is 3.44. The standard InChI is InChI=1S/C10H6ClF3O3/c1-5(16)8-7(17-10(12,13)14)3-2-6(4-15)9(8)11/h2-4H,1H3. The average Bonchev–Trinajstić information content (AvgIpc) is 2.14. The molecule has 0 aliphatic heterocycles. The molecule has 0 unspecified atom stereocenters. The van der Waals surface area contributed by atoms with E-state index in [-0.39, 0.29) is 10.6 Å². The van der Waals surface area contributed by atoms with Crippen LogP contribution >= 0.6 is 11.6 Å². The number of ketones is 1. The van der Waals surface area contributed by atoms with Gasteiger partial charge in [0.05, 0.1) is 10.6 Å². The smallest absolute Gasteiger partial charge is 0.405 e. The Hall–Kier alpha value is -1.56. The zero-order valence-corrected chi connectivity index (χ0v) is 9.22. The fraction of sp³-hybridized carbons (Fsp3) is 0.200. The Labute approximate surface area is 99.1 Å². The van der Waals surface area contributed by atoms with E-state index in [1.54, 1.807) is 0 Å². The van der Waals surface area contributed by atoms with Crippen LogP contribution in [0.3, 0.4) is 0 Å². The first-order valence-electron chi connectivity index (χ1n) is 4.30. The first-order valence-corrected chi connectivity index (χ1v) is 4.68. The lowest BCUT2D eigenvalue weighted by atomic mass is 10.1. The van der Waals surface area contributed by atoms with E-state index in [0.29, 0.717) is 6.29 Å².